The summed E-state index contributed by atoms with van der Waals surface area (Å²) in [5.41, 5.74) is 0. The Bertz CT molecular complexity index is 393. The van der Waals surface area contributed by atoms with Gasteiger partial charge in [0.15, 0.2) is 0 Å². The molecule has 1 aliphatic rings. The SMILES string of the molecule is O=S(=O)(OCC1CC1)c1ccccc1. The molecule has 0 bridgehead atoms. The van der Waals surface area contributed by atoms with Crippen molar-refractivity contribution in [2.75, 3.05) is 6.61 Å². The average molecular weight is 212 g/mol. The molecule has 76 valence electrons. The highest BCUT2D eigenvalue weighted by Gasteiger charge is 2.25. The fourth-order valence-electron chi connectivity index (χ4n) is 1.13. The Hall–Kier alpha value is -0.870. The zero-order valence-electron chi connectivity index (χ0n) is 7.72. The van der Waals surface area contributed by atoms with Crippen LogP contribution in [0, 0.1) is 5.92 Å². The van der Waals surface area contributed by atoms with E-state index in [0.29, 0.717) is 12.5 Å². The van der Waals surface area contributed by atoms with Gasteiger partial charge in [-0.15, -0.1) is 0 Å². The zero-order chi connectivity index (χ0) is 10.0. The number of benzene rings is 1. The summed E-state index contributed by atoms with van der Waals surface area (Å²) < 4.78 is 28.0. The first kappa shape index (κ1) is 9.68. The van der Waals surface area contributed by atoms with Crippen molar-refractivity contribution in [2.24, 2.45) is 5.92 Å². The minimum absolute atomic E-state index is 0.237. The smallest absolute Gasteiger partial charge is 0.266 e. The van der Waals surface area contributed by atoms with Crippen LogP contribution in [0.15, 0.2) is 35.2 Å². The molecule has 1 fully saturated rings. The Morgan fingerprint density at radius 1 is 1.21 bits per heavy atom. The van der Waals surface area contributed by atoms with Crippen molar-refractivity contribution in [3.63, 3.8) is 0 Å². The van der Waals surface area contributed by atoms with E-state index in [4.69, 9.17) is 4.18 Å². The topological polar surface area (TPSA) is 43.4 Å². The Balaban J connectivity index is 2.07. The largest absolute Gasteiger partial charge is 0.296 e. The maximum absolute atomic E-state index is 11.5. The molecule has 0 heterocycles. The van der Waals surface area contributed by atoms with Crippen LogP contribution < -0.4 is 0 Å². The predicted molar refractivity (Wildman–Crippen MR) is 52.3 cm³/mol. The second kappa shape index (κ2) is 3.71. The first-order chi connectivity index (χ1) is 6.68. The highest BCUT2D eigenvalue weighted by Crippen LogP contribution is 2.30. The quantitative estimate of drug-likeness (QED) is 0.715. The zero-order valence-corrected chi connectivity index (χ0v) is 8.53. The Kier molecular flexibility index (Phi) is 2.56. The molecule has 0 unspecified atom stereocenters. The van der Waals surface area contributed by atoms with E-state index in [9.17, 15) is 8.42 Å². The summed E-state index contributed by atoms with van der Waals surface area (Å²) in [6.45, 7) is 0.331. The third-order valence-corrected chi connectivity index (χ3v) is 3.48. The van der Waals surface area contributed by atoms with Crippen LogP contribution in [0.3, 0.4) is 0 Å². The minimum Gasteiger partial charge on any atom is -0.266 e. The van der Waals surface area contributed by atoms with Crippen LogP contribution in [0.2, 0.25) is 0 Å². The maximum atomic E-state index is 11.5. The molecule has 0 radical (unpaired) electrons. The van der Waals surface area contributed by atoms with Gasteiger partial charge in [0.25, 0.3) is 10.1 Å². The molecule has 2 rings (SSSR count). The summed E-state index contributed by atoms with van der Waals surface area (Å²) in [5.74, 6) is 0.452. The standard InChI is InChI=1S/C10H12O3S/c11-14(12,13-8-9-6-7-9)10-4-2-1-3-5-10/h1-5,9H,6-8H2. The van der Waals surface area contributed by atoms with Crippen molar-refractivity contribution in [3.05, 3.63) is 30.3 Å². The molecular weight excluding hydrogens is 200 g/mol. The molecule has 1 aromatic carbocycles. The van der Waals surface area contributed by atoms with Crippen molar-refractivity contribution >= 4 is 10.1 Å². The summed E-state index contributed by atoms with van der Waals surface area (Å²) in [6.07, 6.45) is 2.18. The molecule has 1 aromatic rings. The van der Waals surface area contributed by atoms with Gasteiger partial charge >= 0.3 is 0 Å². The Morgan fingerprint density at radius 2 is 1.86 bits per heavy atom. The first-order valence-electron chi connectivity index (χ1n) is 4.63. The molecular formula is C10H12O3S. The van der Waals surface area contributed by atoms with Gasteiger partial charge in [0.1, 0.15) is 0 Å². The maximum Gasteiger partial charge on any atom is 0.296 e. The van der Waals surface area contributed by atoms with E-state index in [-0.39, 0.29) is 4.90 Å². The molecule has 0 aromatic heterocycles. The lowest BCUT2D eigenvalue weighted by molar-refractivity contribution is 0.302. The van der Waals surface area contributed by atoms with Crippen LogP contribution in [-0.2, 0) is 14.3 Å². The highest BCUT2D eigenvalue weighted by atomic mass is 32.2. The average Bonchev–Trinajstić information content (AvgIpc) is 3.00. The van der Waals surface area contributed by atoms with E-state index in [2.05, 4.69) is 0 Å². The van der Waals surface area contributed by atoms with Gasteiger partial charge < -0.3 is 0 Å². The molecule has 0 aliphatic heterocycles. The minimum atomic E-state index is -3.52. The molecule has 0 amide bonds. The van der Waals surface area contributed by atoms with Gasteiger partial charge in [-0.05, 0) is 30.9 Å². The number of rotatable bonds is 4. The van der Waals surface area contributed by atoms with Crippen molar-refractivity contribution < 1.29 is 12.6 Å². The van der Waals surface area contributed by atoms with Gasteiger partial charge in [-0.25, -0.2) is 0 Å². The predicted octanol–water partition coefficient (Wildman–Crippen LogP) is 1.80. The van der Waals surface area contributed by atoms with Crippen molar-refractivity contribution in [2.45, 2.75) is 17.7 Å². The van der Waals surface area contributed by atoms with Gasteiger partial charge in [0.05, 0.1) is 11.5 Å². The molecule has 0 spiro atoms. The van der Waals surface area contributed by atoms with Gasteiger partial charge in [0, 0.05) is 0 Å². The van der Waals surface area contributed by atoms with E-state index < -0.39 is 10.1 Å². The summed E-state index contributed by atoms with van der Waals surface area (Å²) in [4.78, 5) is 0.237. The monoisotopic (exact) mass is 212 g/mol. The van der Waals surface area contributed by atoms with Crippen LogP contribution in [0.1, 0.15) is 12.8 Å². The van der Waals surface area contributed by atoms with Crippen LogP contribution >= 0.6 is 0 Å². The molecule has 0 N–H and O–H groups in total. The number of hydrogen-bond donors (Lipinski definition) is 0. The second-order valence-electron chi connectivity index (χ2n) is 3.50. The molecule has 0 saturated heterocycles. The van der Waals surface area contributed by atoms with Crippen molar-refractivity contribution in [1.82, 2.24) is 0 Å². The van der Waals surface area contributed by atoms with Gasteiger partial charge in [0.2, 0.25) is 0 Å². The molecule has 14 heavy (non-hydrogen) atoms. The van der Waals surface area contributed by atoms with Crippen molar-refractivity contribution in [1.29, 1.82) is 0 Å². The third-order valence-electron chi connectivity index (χ3n) is 2.19. The molecule has 0 atom stereocenters. The van der Waals surface area contributed by atoms with Crippen LogP contribution in [0.5, 0.6) is 0 Å². The fourth-order valence-corrected chi connectivity index (χ4v) is 2.12. The Morgan fingerprint density at radius 3 is 2.43 bits per heavy atom. The first-order valence-corrected chi connectivity index (χ1v) is 6.04. The highest BCUT2D eigenvalue weighted by molar-refractivity contribution is 7.86. The van der Waals surface area contributed by atoms with E-state index in [0.717, 1.165) is 12.8 Å². The van der Waals surface area contributed by atoms with E-state index >= 15 is 0 Å². The fraction of sp³-hybridized carbons (Fsp3) is 0.400. The molecule has 1 aliphatic carbocycles. The van der Waals surface area contributed by atoms with Crippen LogP contribution in [0.25, 0.3) is 0 Å². The van der Waals surface area contributed by atoms with Crippen molar-refractivity contribution in [3.8, 4) is 0 Å². The normalized spacial score (nSPS) is 16.9. The summed E-state index contributed by atoms with van der Waals surface area (Å²) in [5, 5.41) is 0. The molecule has 4 heteroatoms. The van der Waals surface area contributed by atoms with Crippen LogP contribution in [-0.4, -0.2) is 15.0 Å². The summed E-state index contributed by atoms with van der Waals surface area (Å²) >= 11 is 0. The van der Waals surface area contributed by atoms with E-state index in [1.807, 2.05) is 0 Å². The van der Waals surface area contributed by atoms with Crippen LogP contribution in [0.4, 0.5) is 0 Å². The Labute approximate surface area is 83.8 Å². The molecule has 3 nitrogen and oxygen atoms in total. The lowest BCUT2D eigenvalue weighted by Crippen LogP contribution is -2.08. The third kappa shape index (κ3) is 2.33. The van der Waals surface area contributed by atoms with Gasteiger partial charge in [-0.1, -0.05) is 18.2 Å². The lowest BCUT2D eigenvalue weighted by atomic mass is 10.4. The van der Waals surface area contributed by atoms with Gasteiger partial charge in [-0.3, -0.25) is 4.18 Å². The second-order valence-corrected chi connectivity index (χ2v) is 5.11. The summed E-state index contributed by atoms with van der Waals surface area (Å²) in [6, 6.07) is 8.24. The van der Waals surface area contributed by atoms with Gasteiger partial charge in [-0.2, -0.15) is 8.42 Å². The number of hydrogen-bond acceptors (Lipinski definition) is 3. The van der Waals surface area contributed by atoms with E-state index in [1.165, 1.54) is 0 Å². The van der Waals surface area contributed by atoms with E-state index in [1.54, 1.807) is 30.3 Å². The molecule has 1 saturated carbocycles. The lowest BCUT2D eigenvalue weighted by Gasteiger charge is -2.03. The summed E-state index contributed by atoms with van der Waals surface area (Å²) in [7, 11) is -3.52.